The van der Waals surface area contributed by atoms with Gasteiger partial charge in [0.05, 0.1) is 19.1 Å². The van der Waals surface area contributed by atoms with Crippen molar-refractivity contribution in [1.82, 2.24) is 5.32 Å². The third-order valence-electron chi connectivity index (χ3n) is 3.96. The number of aryl methyl sites for hydroxylation is 1. The Kier molecular flexibility index (Phi) is 4.78. The highest BCUT2D eigenvalue weighted by atomic mass is 16.5. The fourth-order valence-corrected chi connectivity index (χ4v) is 2.66. The van der Waals surface area contributed by atoms with Crippen molar-refractivity contribution in [2.45, 2.75) is 32.7 Å². The standard InChI is InChI=1S/C16H24N2O2/c1-10(2)12-7-5-6-11(3)15(12)18-16(19)13-8-20-9-14(13)17-4/h5-7,10,13-14,17H,8-9H2,1-4H3,(H,18,19). The van der Waals surface area contributed by atoms with Crippen LogP contribution in [0.25, 0.3) is 0 Å². The first-order valence-electron chi connectivity index (χ1n) is 7.20. The Hall–Kier alpha value is -1.39. The molecule has 0 radical (unpaired) electrons. The molecule has 1 amide bonds. The van der Waals surface area contributed by atoms with Gasteiger partial charge in [0, 0.05) is 11.7 Å². The van der Waals surface area contributed by atoms with Gasteiger partial charge in [-0.2, -0.15) is 0 Å². The van der Waals surface area contributed by atoms with Gasteiger partial charge in [0.2, 0.25) is 5.91 Å². The smallest absolute Gasteiger partial charge is 0.231 e. The quantitative estimate of drug-likeness (QED) is 0.887. The summed E-state index contributed by atoms with van der Waals surface area (Å²) in [5, 5.41) is 6.25. The number of carbonyl (C=O) groups is 1. The zero-order valence-corrected chi connectivity index (χ0v) is 12.7. The lowest BCUT2D eigenvalue weighted by Gasteiger charge is -2.20. The van der Waals surface area contributed by atoms with E-state index in [1.807, 2.05) is 26.1 Å². The molecule has 0 aliphatic carbocycles. The predicted molar refractivity (Wildman–Crippen MR) is 81.1 cm³/mol. The minimum absolute atomic E-state index is 0.0399. The van der Waals surface area contributed by atoms with Gasteiger partial charge in [-0.05, 0) is 31.0 Å². The number of benzene rings is 1. The van der Waals surface area contributed by atoms with Crippen molar-refractivity contribution in [1.29, 1.82) is 0 Å². The first kappa shape index (κ1) is 15.0. The van der Waals surface area contributed by atoms with Gasteiger partial charge in [-0.15, -0.1) is 0 Å². The van der Waals surface area contributed by atoms with Crippen molar-refractivity contribution >= 4 is 11.6 Å². The number of amides is 1. The summed E-state index contributed by atoms with van der Waals surface area (Å²) in [5.41, 5.74) is 3.23. The maximum absolute atomic E-state index is 12.5. The number of carbonyl (C=O) groups excluding carboxylic acids is 1. The van der Waals surface area contributed by atoms with E-state index in [-0.39, 0.29) is 17.9 Å². The number of para-hydroxylation sites is 1. The number of ether oxygens (including phenoxy) is 1. The minimum Gasteiger partial charge on any atom is -0.379 e. The van der Waals surface area contributed by atoms with Crippen LogP contribution in [0.2, 0.25) is 0 Å². The van der Waals surface area contributed by atoms with E-state index in [9.17, 15) is 4.79 Å². The summed E-state index contributed by atoms with van der Waals surface area (Å²) in [4.78, 5) is 12.5. The maximum atomic E-state index is 12.5. The second-order valence-electron chi connectivity index (χ2n) is 5.72. The van der Waals surface area contributed by atoms with Crippen LogP contribution in [-0.2, 0) is 9.53 Å². The van der Waals surface area contributed by atoms with Crippen LogP contribution in [0.3, 0.4) is 0 Å². The summed E-state index contributed by atoms with van der Waals surface area (Å²) in [6.45, 7) is 7.39. The molecule has 0 bridgehead atoms. The number of anilines is 1. The van der Waals surface area contributed by atoms with Gasteiger partial charge in [0.15, 0.2) is 0 Å². The van der Waals surface area contributed by atoms with Crippen LogP contribution in [0.15, 0.2) is 18.2 Å². The van der Waals surface area contributed by atoms with Gasteiger partial charge < -0.3 is 15.4 Å². The van der Waals surface area contributed by atoms with E-state index in [2.05, 4.69) is 30.5 Å². The van der Waals surface area contributed by atoms with E-state index >= 15 is 0 Å². The molecule has 1 fully saturated rings. The van der Waals surface area contributed by atoms with Gasteiger partial charge in [-0.25, -0.2) is 0 Å². The van der Waals surface area contributed by atoms with Gasteiger partial charge in [0.1, 0.15) is 0 Å². The van der Waals surface area contributed by atoms with E-state index in [1.165, 1.54) is 5.56 Å². The minimum atomic E-state index is -0.125. The third kappa shape index (κ3) is 3.02. The van der Waals surface area contributed by atoms with E-state index in [1.54, 1.807) is 0 Å². The average molecular weight is 276 g/mol. The van der Waals surface area contributed by atoms with Crippen LogP contribution < -0.4 is 10.6 Å². The molecule has 4 heteroatoms. The topological polar surface area (TPSA) is 50.4 Å². The Morgan fingerprint density at radius 1 is 1.35 bits per heavy atom. The highest BCUT2D eigenvalue weighted by Gasteiger charge is 2.33. The molecule has 110 valence electrons. The normalized spacial score (nSPS) is 22.2. The van der Waals surface area contributed by atoms with Crippen molar-refractivity contribution in [2.24, 2.45) is 5.92 Å². The lowest BCUT2D eigenvalue weighted by Crippen LogP contribution is -2.39. The van der Waals surface area contributed by atoms with Crippen LogP contribution in [0.1, 0.15) is 30.9 Å². The molecule has 4 nitrogen and oxygen atoms in total. The highest BCUT2D eigenvalue weighted by molar-refractivity contribution is 5.94. The highest BCUT2D eigenvalue weighted by Crippen LogP contribution is 2.28. The van der Waals surface area contributed by atoms with Gasteiger partial charge >= 0.3 is 0 Å². The van der Waals surface area contributed by atoms with Gasteiger partial charge in [-0.3, -0.25) is 4.79 Å². The Morgan fingerprint density at radius 3 is 2.75 bits per heavy atom. The molecule has 2 unspecified atom stereocenters. The number of hydrogen-bond acceptors (Lipinski definition) is 3. The fourth-order valence-electron chi connectivity index (χ4n) is 2.66. The zero-order valence-electron chi connectivity index (χ0n) is 12.7. The van der Waals surface area contributed by atoms with Crippen molar-refractivity contribution in [3.8, 4) is 0 Å². The summed E-state index contributed by atoms with van der Waals surface area (Å²) in [6, 6.07) is 6.24. The zero-order chi connectivity index (χ0) is 14.7. The Labute approximate surface area is 120 Å². The maximum Gasteiger partial charge on any atom is 0.231 e. The fraction of sp³-hybridized carbons (Fsp3) is 0.562. The Balaban J connectivity index is 2.19. The van der Waals surface area contributed by atoms with Crippen molar-refractivity contribution in [3.05, 3.63) is 29.3 Å². The largest absolute Gasteiger partial charge is 0.379 e. The van der Waals surface area contributed by atoms with Crippen molar-refractivity contribution < 1.29 is 9.53 Å². The number of likely N-dealkylation sites (N-methyl/N-ethyl adjacent to an activating group) is 1. The van der Waals surface area contributed by atoms with E-state index in [4.69, 9.17) is 4.74 Å². The molecule has 1 aromatic carbocycles. The molecule has 1 aromatic rings. The van der Waals surface area contributed by atoms with Crippen molar-refractivity contribution in [2.75, 3.05) is 25.6 Å². The molecule has 0 saturated carbocycles. The molecule has 20 heavy (non-hydrogen) atoms. The lowest BCUT2D eigenvalue weighted by atomic mass is 9.97. The van der Waals surface area contributed by atoms with Gasteiger partial charge in [0.25, 0.3) is 0 Å². The van der Waals surface area contributed by atoms with E-state index in [0.717, 1.165) is 11.3 Å². The number of rotatable bonds is 4. The summed E-state index contributed by atoms with van der Waals surface area (Å²) in [5.74, 6) is 0.294. The monoisotopic (exact) mass is 276 g/mol. The average Bonchev–Trinajstić information content (AvgIpc) is 2.89. The summed E-state index contributed by atoms with van der Waals surface area (Å²) < 4.78 is 5.40. The SMILES string of the molecule is CNC1COCC1C(=O)Nc1c(C)cccc1C(C)C. The van der Waals surface area contributed by atoms with Crippen LogP contribution in [0.5, 0.6) is 0 Å². The van der Waals surface area contributed by atoms with Crippen LogP contribution >= 0.6 is 0 Å². The summed E-state index contributed by atoms with van der Waals surface area (Å²) >= 11 is 0. The second kappa shape index (κ2) is 6.37. The molecule has 2 rings (SSSR count). The third-order valence-corrected chi connectivity index (χ3v) is 3.96. The van der Waals surface area contributed by atoms with E-state index < -0.39 is 0 Å². The molecule has 1 saturated heterocycles. The summed E-state index contributed by atoms with van der Waals surface area (Å²) in [7, 11) is 1.87. The van der Waals surface area contributed by atoms with Gasteiger partial charge in [-0.1, -0.05) is 32.0 Å². The molecular weight excluding hydrogens is 252 g/mol. The molecule has 2 N–H and O–H groups in total. The van der Waals surface area contributed by atoms with Crippen LogP contribution in [0.4, 0.5) is 5.69 Å². The molecular formula is C16H24N2O2. The summed E-state index contributed by atoms with van der Waals surface area (Å²) in [6.07, 6.45) is 0. The molecule has 0 spiro atoms. The molecule has 1 heterocycles. The van der Waals surface area contributed by atoms with Crippen LogP contribution in [0, 0.1) is 12.8 Å². The number of nitrogens with one attached hydrogen (secondary N) is 2. The second-order valence-corrected chi connectivity index (χ2v) is 5.72. The predicted octanol–water partition coefficient (Wildman–Crippen LogP) is 2.29. The number of hydrogen-bond donors (Lipinski definition) is 2. The molecule has 1 aliphatic heterocycles. The molecule has 1 aliphatic rings. The Morgan fingerprint density at radius 2 is 2.10 bits per heavy atom. The van der Waals surface area contributed by atoms with E-state index in [0.29, 0.717) is 19.1 Å². The first-order chi connectivity index (χ1) is 9.54. The van der Waals surface area contributed by atoms with Crippen LogP contribution in [-0.4, -0.2) is 32.2 Å². The van der Waals surface area contributed by atoms with Crippen molar-refractivity contribution in [3.63, 3.8) is 0 Å². The molecule has 0 aromatic heterocycles. The lowest BCUT2D eigenvalue weighted by molar-refractivity contribution is -0.120. The molecule has 2 atom stereocenters. The first-order valence-corrected chi connectivity index (χ1v) is 7.20. The Bertz CT molecular complexity index is 485.